The number of carbonyl (C=O) groups is 2. The molecule has 2 rings (SSSR count). The van der Waals surface area contributed by atoms with Crippen LogP contribution in [0.1, 0.15) is 51.4 Å². The van der Waals surface area contributed by atoms with E-state index in [1.54, 1.807) is 0 Å². The second-order valence-corrected chi connectivity index (χ2v) is 9.60. The van der Waals surface area contributed by atoms with Gasteiger partial charge in [0, 0.05) is 24.8 Å². The molecule has 0 aromatic rings. The number of hydrogen-bond acceptors (Lipinski definition) is 8. The van der Waals surface area contributed by atoms with Crippen LogP contribution in [0, 0.1) is 17.8 Å². The first-order chi connectivity index (χ1) is 18.1. The summed E-state index contributed by atoms with van der Waals surface area (Å²) in [4.78, 5) is 38.4. The van der Waals surface area contributed by atoms with E-state index >= 15 is 0 Å². The first-order valence-corrected chi connectivity index (χ1v) is 12.7. The van der Waals surface area contributed by atoms with E-state index in [1.807, 2.05) is 0 Å². The molecule has 0 aromatic heterocycles. The topological polar surface area (TPSA) is 287 Å². The van der Waals surface area contributed by atoms with Crippen LogP contribution < -0.4 is 39.7 Å². The zero-order chi connectivity index (χ0) is 28.1. The Balaban J connectivity index is 2.16. The highest BCUT2D eigenvalue weighted by molar-refractivity contribution is 5.80. The van der Waals surface area contributed by atoms with Crippen LogP contribution in [-0.2, 0) is 24.0 Å². The van der Waals surface area contributed by atoms with Gasteiger partial charge in [0.2, 0.25) is 17.8 Å². The van der Waals surface area contributed by atoms with Gasteiger partial charge in [-0.25, -0.2) is 0 Å². The molecule has 2 saturated carbocycles. The van der Waals surface area contributed by atoms with Crippen molar-refractivity contribution in [2.75, 3.05) is 19.7 Å². The molecule has 0 heterocycles. The number of guanidine groups is 3. The monoisotopic (exact) mass is 542 g/mol. The highest BCUT2D eigenvalue weighted by Gasteiger charge is 2.47. The van der Waals surface area contributed by atoms with Gasteiger partial charge in [0.1, 0.15) is 0 Å². The highest BCUT2D eigenvalue weighted by atomic mass is 16.7. The second-order valence-electron chi connectivity index (χ2n) is 9.60. The van der Waals surface area contributed by atoms with E-state index in [4.69, 9.17) is 53.9 Å². The molecule has 0 aromatic carbocycles. The first-order valence-electron chi connectivity index (χ1n) is 12.7. The molecular weight excluding hydrogens is 500 g/mol. The van der Waals surface area contributed by atoms with Crippen LogP contribution in [-0.4, -0.2) is 72.9 Å². The van der Waals surface area contributed by atoms with E-state index in [9.17, 15) is 9.59 Å². The number of amides is 1. The maximum atomic E-state index is 12.1. The fraction of sp³-hybridized carbons (Fsp3) is 0.773. The molecule has 0 saturated heterocycles. The Hall–Kier alpha value is -3.69. The Morgan fingerprint density at radius 2 is 1.55 bits per heavy atom. The second kappa shape index (κ2) is 15.5. The summed E-state index contributed by atoms with van der Waals surface area (Å²) in [5, 5.41) is 19.1. The summed E-state index contributed by atoms with van der Waals surface area (Å²) >= 11 is 0. The smallest absolute Gasteiger partial charge is 0.303 e. The lowest BCUT2D eigenvalue weighted by Gasteiger charge is -2.44. The summed E-state index contributed by atoms with van der Waals surface area (Å²) in [6.45, 7) is 1.00. The number of aliphatic carboxylic acids is 1. The van der Waals surface area contributed by atoms with E-state index in [2.05, 4.69) is 20.6 Å². The van der Waals surface area contributed by atoms with Gasteiger partial charge in [-0.2, -0.15) is 0 Å². The lowest BCUT2D eigenvalue weighted by molar-refractivity contribution is -0.157. The number of rotatable bonds is 14. The zero-order valence-electron chi connectivity index (χ0n) is 21.5. The van der Waals surface area contributed by atoms with E-state index in [0.717, 1.165) is 32.1 Å². The fourth-order valence-corrected chi connectivity index (χ4v) is 5.17. The largest absolute Gasteiger partial charge is 0.481 e. The predicted molar refractivity (Wildman–Crippen MR) is 140 cm³/mol. The number of ether oxygens (including phenoxy) is 1. The summed E-state index contributed by atoms with van der Waals surface area (Å²) in [6, 6.07) is 0. The number of aliphatic imine (C=N–C) groups is 1. The molecule has 6 atom stereocenters. The van der Waals surface area contributed by atoms with Crippen molar-refractivity contribution in [2.45, 2.75) is 69.7 Å². The molecule has 16 nitrogen and oxygen atoms in total. The molecule has 0 spiro atoms. The Morgan fingerprint density at radius 3 is 2.18 bits per heavy atom. The van der Waals surface area contributed by atoms with Gasteiger partial charge in [-0.15, -0.1) is 0 Å². The standard InChI is InChI=1S/C22H42N10O6/c23-20(24)29-8-9-36-14-3-1-2-12(10-14)15-5-4-13(11-30-16(33)6-7-17(34)35)18(37-31-21(25)26)19(15)38-32-22(27)28/h12-15,18-19H,1-11H2,(H,30,33)(H,34,35)(H4,23,24,29)(H4,25,26,31)(H4,27,28,32). The van der Waals surface area contributed by atoms with Crippen molar-refractivity contribution in [1.82, 2.24) is 5.32 Å². The summed E-state index contributed by atoms with van der Waals surface area (Å²) in [5.41, 5.74) is 32.9. The van der Waals surface area contributed by atoms with Crippen molar-refractivity contribution in [3.8, 4) is 0 Å². The van der Waals surface area contributed by atoms with Crippen LogP contribution in [0.2, 0.25) is 0 Å². The Bertz CT molecular complexity index is 858. The number of oxime groups is 2. The minimum atomic E-state index is -1.05. The Morgan fingerprint density at radius 1 is 0.868 bits per heavy atom. The molecule has 0 radical (unpaired) electrons. The van der Waals surface area contributed by atoms with Crippen LogP contribution in [0.3, 0.4) is 0 Å². The number of carboxylic acid groups (broad SMARTS) is 1. The Kier molecular flexibility index (Phi) is 12.5. The Labute approximate surface area is 221 Å². The fourth-order valence-electron chi connectivity index (χ4n) is 5.17. The van der Waals surface area contributed by atoms with Crippen molar-refractivity contribution in [2.24, 2.45) is 67.5 Å². The van der Waals surface area contributed by atoms with Gasteiger partial charge in [0.25, 0.3) is 0 Å². The maximum absolute atomic E-state index is 12.1. The van der Waals surface area contributed by atoms with Gasteiger partial charge in [-0.1, -0.05) is 6.42 Å². The summed E-state index contributed by atoms with van der Waals surface area (Å²) in [7, 11) is 0. The average molecular weight is 543 g/mol. The molecule has 6 unspecified atom stereocenters. The number of carboxylic acids is 1. The minimum Gasteiger partial charge on any atom is -0.481 e. The molecule has 1 amide bonds. The van der Waals surface area contributed by atoms with Gasteiger partial charge in [0.05, 0.1) is 25.7 Å². The van der Waals surface area contributed by atoms with Gasteiger partial charge < -0.3 is 59.2 Å². The molecule has 2 fully saturated rings. The molecule has 2 aliphatic rings. The van der Waals surface area contributed by atoms with Crippen molar-refractivity contribution in [1.29, 1.82) is 0 Å². The molecule has 2 aliphatic carbocycles. The van der Waals surface area contributed by atoms with Crippen molar-refractivity contribution in [3.05, 3.63) is 0 Å². The minimum absolute atomic E-state index is 0.0135. The van der Waals surface area contributed by atoms with Gasteiger partial charge in [-0.05, 0) is 48.3 Å². The normalized spacial score (nSPS) is 26.8. The van der Waals surface area contributed by atoms with Crippen molar-refractivity contribution >= 4 is 29.8 Å². The number of nitrogens with two attached hydrogens (primary N) is 6. The average Bonchev–Trinajstić information content (AvgIpc) is 2.86. The SMILES string of the molecule is NC(N)=NCCOC1CCCC(C2CCC(CNC(=O)CCC(=O)O)C(ON=C(N)N)C2ON=C(N)N)C1. The summed E-state index contributed by atoms with van der Waals surface area (Å²) < 4.78 is 6.02. The number of nitrogens with zero attached hydrogens (tertiary/aromatic N) is 3. The third-order valence-corrected chi connectivity index (χ3v) is 6.78. The molecule has 38 heavy (non-hydrogen) atoms. The zero-order valence-corrected chi connectivity index (χ0v) is 21.5. The lowest BCUT2D eigenvalue weighted by atomic mass is 9.67. The first kappa shape index (κ1) is 30.5. The summed E-state index contributed by atoms with van der Waals surface area (Å²) in [6.07, 6.45) is 3.36. The molecule has 14 N–H and O–H groups in total. The van der Waals surface area contributed by atoms with E-state index in [1.165, 1.54) is 0 Å². The number of nitrogens with one attached hydrogen (secondary N) is 1. The van der Waals surface area contributed by atoms with Crippen LogP contribution in [0.4, 0.5) is 0 Å². The van der Waals surface area contributed by atoms with Crippen molar-refractivity contribution < 1.29 is 29.1 Å². The highest BCUT2D eigenvalue weighted by Crippen LogP contribution is 2.43. The summed E-state index contributed by atoms with van der Waals surface area (Å²) in [5.74, 6) is -1.99. The molecule has 16 heteroatoms. The third kappa shape index (κ3) is 10.7. The predicted octanol–water partition coefficient (Wildman–Crippen LogP) is -2.01. The van der Waals surface area contributed by atoms with Gasteiger partial charge in [-0.3, -0.25) is 14.6 Å². The van der Waals surface area contributed by atoms with E-state index < -0.39 is 18.2 Å². The quantitative estimate of drug-likeness (QED) is 0.0511. The molecule has 0 bridgehead atoms. The molecular formula is C22H42N10O6. The number of hydrogen-bond donors (Lipinski definition) is 8. The van der Waals surface area contributed by atoms with Crippen LogP contribution in [0.5, 0.6) is 0 Å². The van der Waals surface area contributed by atoms with Crippen LogP contribution >= 0.6 is 0 Å². The molecule has 0 aliphatic heterocycles. The number of carbonyl (C=O) groups excluding carboxylic acids is 1. The lowest BCUT2D eigenvalue weighted by Crippen LogP contribution is -2.52. The molecule has 216 valence electrons. The van der Waals surface area contributed by atoms with E-state index in [-0.39, 0.29) is 67.0 Å². The van der Waals surface area contributed by atoms with Crippen LogP contribution in [0.25, 0.3) is 0 Å². The van der Waals surface area contributed by atoms with Gasteiger partial charge in [0.15, 0.2) is 18.2 Å². The van der Waals surface area contributed by atoms with Crippen molar-refractivity contribution in [3.63, 3.8) is 0 Å². The third-order valence-electron chi connectivity index (χ3n) is 6.78. The van der Waals surface area contributed by atoms with Crippen LogP contribution in [0.15, 0.2) is 15.3 Å². The van der Waals surface area contributed by atoms with Gasteiger partial charge >= 0.3 is 5.97 Å². The van der Waals surface area contributed by atoms with E-state index in [0.29, 0.717) is 19.6 Å². The maximum Gasteiger partial charge on any atom is 0.303 e.